The van der Waals surface area contributed by atoms with E-state index in [-0.39, 0.29) is 22.6 Å². The highest BCUT2D eigenvalue weighted by Crippen LogP contribution is 2.31. The highest BCUT2D eigenvalue weighted by atomic mass is 19.1. The van der Waals surface area contributed by atoms with Gasteiger partial charge in [0.05, 0.1) is 4.92 Å². The number of rotatable bonds is 2. The first kappa shape index (κ1) is 11.0. The van der Waals surface area contributed by atoms with Gasteiger partial charge in [-0.05, 0) is 24.3 Å². The van der Waals surface area contributed by atoms with Gasteiger partial charge in [-0.1, -0.05) is 0 Å². The topological polar surface area (TPSA) is 82.0 Å². The summed E-state index contributed by atoms with van der Waals surface area (Å²) in [5.41, 5.74) is 5.99. The molecule has 2 aromatic rings. The molecule has 0 saturated heterocycles. The standard InChI is InChI=1S/C11H8FN3O2/c12-7-3-4-9(13)8(6-7)11-10(15(16)17)2-1-5-14-11/h1-6H,13H2. The van der Waals surface area contributed by atoms with Crippen molar-refractivity contribution in [2.45, 2.75) is 0 Å². The van der Waals surface area contributed by atoms with Crippen molar-refractivity contribution in [1.29, 1.82) is 0 Å². The Hall–Kier alpha value is -2.50. The van der Waals surface area contributed by atoms with E-state index in [9.17, 15) is 14.5 Å². The molecule has 2 rings (SSSR count). The average Bonchev–Trinajstić information content (AvgIpc) is 2.32. The van der Waals surface area contributed by atoms with E-state index in [2.05, 4.69) is 4.98 Å². The predicted octanol–water partition coefficient (Wildman–Crippen LogP) is 2.38. The Balaban J connectivity index is 2.68. The number of nitro groups is 1. The van der Waals surface area contributed by atoms with Gasteiger partial charge < -0.3 is 5.73 Å². The number of anilines is 1. The van der Waals surface area contributed by atoms with Crippen LogP contribution in [0.2, 0.25) is 0 Å². The van der Waals surface area contributed by atoms with Gasteiger partial charge in [0.1, 0.15) is 11.5 Å². The zero-order valence-electron chi connectivity index (χ0n) is 8.63. The summed E-state index contributed by atoms with van der Waals surface area (Å²) in [6, 6.07) is 6.41. The second-order valence-corrected chi connectivity index (χ2v) is 3.36. The molecule has 0 saturated carbocycles. The Labute approximate surface area is 95.9 Å². The molecule has 1 aromatic heterocycles. The number of aromatic nitrogens is 1. The van der Waals surface area contributed by atoms with Gasteiger partial charge in [-0.2, -0.15) is 0 Å². The van der Waals surface area contributed by atoms with Crippen LogP contribution < -0.4 is 5.73 Å². The molecule has 0 aliphatic carbocycles. The fourth-order valence-corrected chi connectivity index (χ4v) is 1.49. The summed E-state index contributed by atoms with van der Waals surface area (Å²) in [5.74, 6) is -0.519. The van der Waals surface area contributed by atoms with Crippen LogP contribution >= 0.6 is 0 Å². The molecule has 0 aliphatic rings. The highest BCUT2D eigenvalue weighted by Gasteiger charge is 2.18. The van der Waals surface area contributed by atoms with Crippen molar-refractivity contribution in [3.63, 3.8) is 0 Å². The van der Waals surface area contributed by atoms with Crippen LogP contribution in [0.25, 0.3) is 11.3 Å². The van der Waals surface area contributed by atoms with E-state index in [1.54, 1.807) is 0 Å². The van der Waals surface area contributed by atoms with Crippen molar-refractivity contribution >= 4 is 11.4 Å². The number of hydrogen-bond acceptors (Lipinski definition) is 4. The second kappa shape index (κ2) is 4.17. The van der Waals surface area contributed by atoms with Crippen LogP contribution in [0.4, 0.5) is 15.8 Å². The normalized spacial score (nSPS) is 10.2. The minimum absolute atomic E-state index is 0.0644. The van der Waals surface area contributed by atoms with E-state index in [0.717, 1.165) is 6.07 Å². The van der Waals surface area contributed by atoms with E-state index < -0.39 is 10.7 Å². The van der Waals surface area contributed by atoms with Gasteiger partial charge >= 0.3 is 0 Å². The summed E-state index contributed by atoms with van der Waals surface area (Å²) in [6.45, 7) is 0. The fraction of sp³-hybridized carbons (Fsp3) is 0. The number of nitrogen functional groups attached to an aromatic ring is 1. The molecule has 0 unspecified atom stereocenters. The van der Waals surface area contributed by atoms with Crippen LogP contribution in [0.5, 0.6) is 0 Å². The predicted molar refractivity (Wildman–Crippen MR) is 60.7 cm³/mol. The molecule has 6 heteroatoms. The number of nitrogens with zero attached hydrogens (tertiary/aromatic N) is 2. The molecule has 0 bridgehead atoms. The Morgan fingerprint density at radius 3 is 2.82 bits per heavy atom. The smallest absolute Gasteiger partial charge is 0.295 e. The van der Waals surface area contributed by atoms with Crippen molar-refractivity contribution in [2.24, 2.45) is 0 Å². The summed E-state index contributed by atoms with van der Waals surface area (Å²) in [5, 5.41) is 10.8. The molecule has 17 heavy (non-hydrogen) atoms. The van der Waals surface area contributed by atoms with E-state index >= 15 is 0 Å². The lowest BCUT2D eigenvalue weighted by Gasteiger charge is -2.05. The van der Waals surface area contributed by atoms with E-state index in [1.807, 2.05) is 0 Å². The monoisotopic (exact) mass is 233 g/mol. The minimum Gasteiger partial charge on any atom is -0.398 e. The first-order valence-electron chi connectivity index (χ1n) is 4.74. The van der Waals surface area contributed by atoms with Crippen molar-refractivity contribution < 1.29 is 9.31 Å². The van der Waals surface area contributed by atoms with E-state index in [0.29, 0.717) is 0 Å². The van der Waals surface area contributed by atoms with Gasteiger partial charge in [-0.3, -0.25) is 10.1 Å². The Morgan fingerprint density at radius 2 is 2.12 bits per heavy atom. The van der Waals surface area contributed by atoms with Crippen LogP contribution in [0.15, 0.2) is 36.5 Å². The lowest BCUT2D eigenvalue weighted by atomic mass is 10.1. The summed E-state index contributed by atoms with van der Waals surface area (Å²) < 4.78 is 13.1. The average molecular weight is 233 g/mol. The first-order chi connectivity index (χ1) is 8.09. The molecule has 1 heterocycles. The molecule has 0 fully saturated rings. The zero-order valence-corrected chi connectivity index (χ0v) is 8.63. The molecular formula is C11H8FN3O2. The Bertz CT molecular complexity index is 587. The van der Waals surface area contributed by atoms with E-state index in [1.165, 1.54) is 30.5 Å². The second-order valence-electron chi connectivity index (χ2n) is 3.36. The molecule has 1 aromatic carbocycles. The number of halogens is 1. The van der Waals surface area contributed by atoms with Crippen molar-refractivity contribution in [3.05, 3.63) is 52.5 Å². The van der Waals surface area contributed by atoms with Gasteiger partial charge in [-0.25, -0.2) is 9.37 Å². The largest absolute Gasteiger partial charge is 0.398 e. The minimum atomic E-state index is -0.577. The van der Waals surface area contributed by atoms with Crippen LogP contribution in [-0.2, 0) is 0 Å². The lowest BCUT2D eigenvalue weighted by Crippen LogP contribution is -1.97. The quantitative estimate of drug-likeness (QED) is 0.490. The summed E-state index contributed by atoms with van der Waals surface area (Å²) in [4.78, 5) is 14.1. The van der Waals surface area contributed by atoms with Crippen molar-refractivity contribution in [3.8, 4) is 11.3 Å². The summed E-state index contributed by atoms with van der Waals surface area (Å²) >= 11 is 0. The molecule has 0 radical (unpaired) electrons. The molecule has 0 aliphatic heterocycles. The van der Waals surface area contributed by atoms with Crippen LogP contribution in [0, 0.1) is 15.9 Å². The molecule has 2 N–H and O–H groups in total. The SMILES string of the molecule is Nc1ccc(F)cc1-c1ncccc1[N+](=O)[O-]. The summed E-state index contributed by atoms with van der Waals surface area (Å²) in [7, 11) is 0. The number of hydrogen-bond donors (Lipinski definition) is 1. The maximum atomic E-state index is 13.1. The first-order valence-corrected chi connectivity index (χ1v) is 4.74. The lowest BCUT2D eigenvalue weighted by molar-refractivity contribution is -0.384. The van der Waals surface area contributed by atoms with Gasteiger partial charge in [0.15, 0.2) is 0 Å². The highest BCUT2D eigenvalue weighted by molar-refractivity contribution is 5.79. The maximum absolute atomic E-state index is 13.1. The third-order valence-corrected chi connectivity index (χ3v) is 2.25. The number of pyridine rings is 1. The third kappa shape index (κ3) is 2.05. The van der Waals surface area contributed by atoms with Gasteiger partial charge in [0, 0.05) is 23.5 Å². The van der Waals surface area contributed by atoms with Crippen LogP contribution in [0.3, 0.4) is 0 Å². The molecule has 0 atom stereocenters. The molecular weight excluding hydrogens is 225 g/mol. The molecule has 5 nitrogen and oxygen atoms in total. The van der Waals surface area contributed by atoms with Gasteiger partial charge in [0.25, 0.3) is 5.69 Å². The molecule has 0 amide bonds. The van der Waals surface area contributed by atoms with Crippen LogP contribution in [0.1, 0.15) is 0 Å². The fourth-order valence-electron chi connectivity index (χ4n) is 1.49. The molecule has 0 spiro atoms. The van der Waals surface area contributed by atoms with Gasteiger partial charge in [-0.15, -0.1) is 0 Å². The van der Waals surface area contributed by atoms with Crippen molar-refractivity contribution in [2.75, 3.05) is 5.73 Å². The van der Waals surface area contributed by atoms with E-state index in [4.69, 9.17) is 5.73 Å². The molecule has 86 valence electrons. The van der Waals surface area contributed by atoms with Gasteiger partial charge in [0.2, 0.25) is 0 Å². The van der Waals surface area contributed by atoms with Crippen molar-refractivity contribution in [1.82, 2.24) is 4.98 Å². The third-order valence-electron chi connectivity index (χ3n) is 2.25. The Morgan fingerprint density at radius 1 is 1.35 bits per heavy atom. The number of benzene rings is 1. The Kier molecular flexibility index (Phi) is 2.70. The van der Waals surface area contributed by atoms with Crippen LogP contribution in [-0.4, -0.2) is 9.91 Å². The summed E-state index contributed by atoms with van der Waals surface area (Å²) in [6.07, 6.45) is 1.40. The number of nitrogens with two attached hydrogens (primary N) is 1. The maximum Gasteiger partial charge on any atom is 0.295 e. The zero-order chi connectivity index (χ0) is 12.4.